The normalized spacial score (nSPS) is 14.2. The number of hydrogen-bond acceptors (Lipinski definition) is 4. The van der Waals surface area contributed by atoms with Crippen LogP contribution in [0.1, 0.15) is 12.8 Å². The minimum Gasteiger partial charge on any atom is -0.467 e. The largest absolute Gasteiger partial charge is 0.470 e. The van der Waals surface area contributed by atoms with E-state index in [9.17, 15) is 35.7 Å². The van der Waals surface area contributed by atoms with E-state index in [4.69, 9.17) is 9.79 Å². The van der Waals surface area contributed by atoms with Gasteiger partial charge in [-0.25, -0.2) is 9.36 Å². The zero-order valence-corrected chi connectivity index (χ0v) is 10.6. The number of halogens is 6. The summed E-state index contributed by atoms with van der Waals surface area (Å²) in [5.41, 5.74) is -3.91. The second-order valence-corrected chi connectivity index (χ2v) is 4.82. The summed E-state index contributed by atoms with van der Waals surface area (Å²) in [5.74, 6) is -2.20. The minimum atomic E-state index is -5.83. The van der Waals surface area contributed by atoms with Gasteiger partial charge in [0.2, 0.25) is 0 Å². The SMILES string of the molecule is COC(=O)C(CC(F)(F)F)(CC(F)(F)F)OP(=O)(O)O. The van der Waals surface area contributed by atoms with Gasteiger partial charge in [0.1, 0.15) is 0 Å². The number of ether oxygens (including phenoxy) is 1. The fourth-order valence-corrected chi connectivity index (χ4v) is 2.03. The number of hydrogen-bond donors (Lipinski definition) is 2. The van der Waals surface area contributed by atoms with E-state index >= 15 is 0 Å². The lowest BCUT2D eigenvalue weighted by molar-refractivity contribution is -0.222. The van der Waals surface area contributed by atoms with Crippen LogP contribution in [0.2, 0.25) is 0 Å². The van der Waals surface area contributed by atoms with Crippen LogP contribution in [0.4, 0.5) is 26.3 Å². The number of alkyl halides is 6. The molecule has 0 aliphatic carbocycles. The maximum atomic E-state index is 12.3. The smallest absolute Gasteiger partial charge is 0.467 e. The summed E-state index contributed by atoms with van der Waals surface area (Å²) < 4.78 is 91.5. The number of carbonyl (C=O) groups excluding carboxylic acids is 1. The second-order valence-electron chi connectivity index (χ2n) is 3.65. The average Bonchev–Trinajstić information content (AvgIpc) is 2.07. The van der Waals surface area contributed by atoms with Crippen LogP contribution in [0.15, 0.2) is 0 Å². The summed E-state index contributed by atoms with van der Waals surface area (Å²) in [6.45, 7) is 0. The van der Waals surface area contributed by atoms with Crippen molar-refractivity contribution in [3.63, 3.8) is 0 Å². The number of phosphoric acid groups is 1. The number of esters is 1. The van der Waals surface area contributed by atoms with Gasteiger partial charge in [-0.3, -0.25) is 4.52 Å². The first kappa shape index (κ1) is 19.2. The van der Waals surface area contributed by atoms with E-state index in [1.54, 1.807) is 0 Å². The van der Waals surface area contributed by atoms with Gasteiger partial charge < -0.3 is 14.5 Å². The Labute approximate surface area is 107 Å². The summed E-state index contributed by atoms with van der Waals surface area (Å²) >= 11 is 0. The molecule has 120 valence electrons. The molecule has 0 saturated carbocycles. The molecular formula is C7H9F6O6P. The van der Waals surface area contributed by atoms with Crippen LogP contribution in [-0.4, -0.2) is 40.8 Å². The maximum Gasteiger partial charge on any atom is 0.470 e. The lowest BCUT2D eigenvalue weighted by Crippen LogP contribution is -2.48. The molecule has 0 unspecified atom stereocenters. The number of phosphoric ester groups is 1. The topological polar surface area (TPSA) is 93.1 Å². The molecule has 2 N–H and O–H groups in total. The van der Waals surface area contributed by atoms with Gasteiger partial charge in [-0.1, -0.05) is 0 Å². The van der Waals surface area contributed by atoms with E-state index in [0.717, 1.165) is 0 Å². The summed E-state index contributed by atoms with van der Waals surface area (Å²) in [5, 5.41) is 0. The Balaban J connectivity index is 5.76. The third-order valence-corrected chi connectivity index (χ3v) is 2.41. The van der Waals surface area contributed by atoms with Gasteiger partial charge in [0, 0.05) is 0 Å². The monoisotopic (exact) mass is 334 g/mol. The molecule has 0 aromatic carbocycles. The van der Waals surface area contributed by atoms with Crippen molar-refractivity contribution >= 4 is 13.8 Å². The van der Waals surface area contributed by atoms with Crippen molar-refractivity contribution in [3.8, 4) is 0 Å². The van der Waals surface area contributed by atoms with Crippen molar-refractivity contribution in [1.29, 1.82) is 0 Å². The summed E-state index contributed by atoms with van der Waals surface area (Å²) in [6.07, 6.45) is -15.9. The van der Waals surface area contributed by atoms with E-state index in [2.05, 4.69) is 9.26 Å². The van der Waals surface area contributed by atoms with E-state index in [1.807, 2.05) is 0 Å². The first-order valence-corrected chi connectivity index (χ1v) is 6.11. The fourth-order valence-electron chi connectivity index (χ4n) is 1.37. The van der Waals surface area contributed by atoms with Crippen molar-refractivity contribution in [2.45, 2.75) is 30.8 Å². The zero-order valence-electron chi connectivity index (χ0n) is 9.66. The van der Waals surface area contributed by atoms with Gasteiger partial charge in [0.05, 0.1) is 20.0 Å². The molecule has 0 spiro atoms. The summed E-state index contributed by atoms with van der Waals surface area (Å²) in [6, 6.07) is 0. The zero-order chi connectivity index (χ0) is 16.4. The van der Waals surface area contributed by atoms with Crippen molar-refractivity contribution in [2.75, 3.05) is 7.11 Å². The van der Waals surface area contributed by atoms with Crippen LogP contribution in [0.25, 0.3) is 0 Å². The molecule has 0 aliphatic heterocycles. The predicted molar refractivity (Wildman–Crippen MR) is 49.2 cm³/mol. The second kappa shape index (κ2) is 5.88. The Bertz CT molecular complexity index is 382. The Kier molecular flexibility index (Phi) is 5.63. The molecule has 13 heteroatoms. The molecule has 0 aromatic rings. The van der Waals surface area contributed by atoms with Crippen LogP contribution in [0.3, 0.4) is 0 Å². The highest BCUT2D eigenvalue weighted by atomic mass is 31.2. The van der Waals surface area contributed by atoms with Crippen LogP contribution >= 0.6 is 7.82 Å². The molecule has 0 bridgehead atoms. The van der Waals surface area contributed by atoms with Crippen LogP contribution in [-0.2, 0) is 18.6 Å². The Hall–Kier alpha value is -0.840. The summed E-state index contributed by atoms with van der Waals surface area (Å²) in [4.78, 5) is 28.1. The molecule has 0 fully saturated rings. The van der Waals surface area contributed by atoms with Crippen LogP contribution in [0.5, 0.6) is 0 Å². The molecule has 0 saturated heterocycles. The fraction of sp³-hybridized carbons (Fsp3) is 0.857. The number of rotatable bonds is 5. The van der Waals surface area contributed by atoms with Crippen LogP contribution in [0, 0.1) is 0 Å². The van der Waals surface area contributed by atoms with E-state index in [0.29, 0.717) is 7.11 Å². The van der Waals surface area contributed by atoms with Crippen LogP contribution < -0.4 is 0 Å². The third-order valence-electron chi connectivity index (χ3n) is 1.82. The summed E-state index contributed by atoms with van der Waals surface area (Å²) in [7, 11) is -5.38. The number of carbonyl (C=O) groups is 1. The quantitative estimate of drug-likeness (QED) is 0.453. The lowest BCUT2D eigenvalue weighted by atomic mass is 9.95. The Morgan fingerprint density at radius 1 is 1.05 bits per heavy atom. The predicted octanol–water partition coefficient (Wildman–Crippen LogP) is 1.91. The van der Waals surface area contributed by atoms with Crippen molar-refractivity contribution < 1.29 is 54.7 Å². The first-order valence-electron chi connectivity index (χ1n) is 4.58. The van der Waals surface area contributed by atoms with E-state index in [1.165, 1.54) is 0 Å². The highest BCUT2D eigenvalue weighted by Gasteiger charge is 2.58. The molecule has 0 radical (unpaired) electrons. The third kappa shape index (κ3) is 7.08. The molecule has 0 rings (SSSR count). The standard InChI is InChI=1S/C7H9F6O6P/c1-18-4(14)5(2-6(8,9)10,3-7(11,12)13)19-20(15,16)17/h2-3H2,1H3,(H2,15,16,17). The van der Waals surface area contributed by atoms with Crippen molar-refractivity contribution in [3.05, 3.63) is 0 Å². The molecule has 0 heterocycles. The maximum absolute atomic E-state index is 12.3. The Morgan fingerprint density at radius 3 is 1.60 bits per heavy atom. The van der Waals surface area contributed by atoms with Gasteiger partial charge in [-0.2, -0.15) is 26.3 Å². The average molecular weight is 334 g/mol. The van der Waals surface area contributed by atoms with Gasteiger partial charge in [0.25, 0.3) is 0 Å². The molecular weight excluding hydrogens is 325 g/mol. The lowest BCUT2D eigenvalue weighted by Gasteiger charge is -2.32. The van der Waals surface area contributed by atoms with Crippen molar-refractivity contribution in [2.24, 2.45) is 0 Å². The van der Waals surface area contributed by atoms with Gasteiger partial charge in [0.15, 0.2) is 5.60 Å². The van der Waals surface area contributed by atoms with Gasteiger partial charge in [-0.05, 0) is 0 Å². The Morgan fingerprint density at radius 2 is 1.40 bits per heavy atom. The molecule has 6 nitrogen and oxygen atoms in total. The van der Waals surface area contributed by atoms with E-state index < -0.39 is 44.6 Å². The molecule has 20 heavy (non-hydrogen) atoms. The number of methoxy groups -OCH3 is 1. The molecule has 0 aromatic heterocycles. The molecule has 0 amide bonds. The van der Waals surface area contributed by atoms with Gasteiger partial charge >= 0.3 is 26.1 Å². The minimum absolute atomic E-state index is 0.451. The molecule has 0 atom stereocenters. The highest BCUT2D eigenvalue weighted by Crippen LogP contribution is 2.49. The highest BCUT2D eigenvalue weighted by molar-refractivity contribution is 7.46. The van der Waals surface area contributed by atoms with E-state index in [-0.39, 0.29) is 0 Å². The first-order chi connectivity index (χ1) is 8.60. The van der Waals surface area contributed by atoms with Crippen molar-refractivity contribution in [1.82, 2.24) is 0 Å². The van der Waals surface area contributed by atoms with Gasteiger partial charge in [-0.15, -0.1) is 0 Å². The molecule has 0 aliphatic rings.